The first-order valence-corrected chi connectivity index (χ1v) is 6.66. The van der Waals surface area contributed by atoms with Crippen molar-refractivity contribution in [2.45, 2.75) is 32.7 Å². The van der Waals surface area contributed by atoms with Crippen molar-refractivity contribution in [2.75, 3.05) is 5.32 Å². The summed E-state index contributed by atoms with van der Waals surface area (Å²) >= 11 is 3.23. The molecule has 0 heterocycles. The molecule has 3 N–H and O–H groups in total. The highest BCUT2D eigenvalue weighted by molar-refractivity contribution is 9.10. The van der Waals surface area contributed by atoms with Crippen LogP contribution in [0.4, 0.5) is 10.5 Å². The zero-order chi connectivity index (χ0) is 14.6. The monoisotopic (exact) mass is 328 g/mol. The van der Waals surface area contributed by atoms with Gasteiger partial charge in [0.25, 0.3) is 0 Å². The maximum absolute atomic E-state index is 11.8. The van der Waals surface area contributed by atoms with Crippen LogP contribution in [-0.2, 0) is 0 Å². The predicted octanol–water partition coefficient (Wildman–Crippen LogP) is 3.46. The van der Waals surface area contributed by atoms with E-state index in [4.69, 9.17) is 5.11 Å². The number of nitrogens with one attached hydrogen (secondary N) is 2. The fraction of sp³-hybridized carbons (Fsp3) is 0.385. The summed E-state index contributed by atoms with van der Waals surface area (Å²) in [6.45, 7) is 5.84. The Labute approximate surface area is 120 Å². The van der Waals surface area contributed by atoms with E-state index in [0.717, 1.165) is 6.42 Å². The largest absolute Gasteiger partial charge is 0.478 e. The van der Waals surface area contributed by atoms with Crippen LogP contribution in [0, 0.1) is 0 Å². The van der Waals surface area contributed by atoms with Gasteiger partial charge in [0.15, 0.2) is 0 Å². The summed E-state index contributed by atoms with van der Waals surface area (Å²) in [5.74, 6) is -1.01. The Balaban J connectivity index is 2.78. The van der Waals surface area contributed by atoms with E-state index in [1.165, 1.54) is 12.1 Å². The number of carbonyl (C=O) groups excluding carboxylic acids is 1. The first kappa shape index (κ1) is 15.5. The third-order valence-electron chi connectivity index (χ3n) is 2.80. The summed E-state index contributed by atoms with van der Waals surface area (Å²) in [7, 11) is 0. The summed E-state index contributed by atoms with van der Waals surface area (Å²) in [5, 5.41) is 14.4. The number of anilines is 1. The number of carboxylic acids is 1. The minimum Gasteiger partial charge on any atom is -0.478 e. The van der Waals surface area contributed by atoms with Crippen LogP contribution < -0.4 is 10.6 Å². The number of rotatable bonds is 4. The number of halogens is 1. The van der Waals surface area contributed by atoms with Crippen molar-refractivity contribution in [3.8, 4) is 0 Å². The van der Waals surface area contributed by atoms with Crippen molar-refractivity contribution < 1.29 is 14.7 Å². The van der Waals surface area contributed by atoms with Gasteiger partial charge < -0.3 is 15.7 Å². The molecule has 0 atom stereocenters. The molecule has 0 bridgehead atoms. The Bertz CT molecular complexity index is 501. The molecule has 0 saturated carbocycles. The molecule has 0 aromatic heterocycles. The van der Waals surface area contributed by atoms with Gasteiger partial charge in [-0.1, -0.05) is 6.92 Å². The van der Waals surface area contributed by atoms with Crippen LogP contribution in [0.15, 0.2) is 22.7 Å². The highest BCUT2D eigenvalue weighted by Gasteiger charge is 2.18. The molecule has 0 aliphatic rings. The van der Waals surface area contributed by atoms with Crippen molar-refractivity contribution in [3.05, 3.63) is 28.2 Å². The summed E-state index contributed by atoms with van der Waals surface area (Å²) < 4.78 is 0.525. The molecule has 0 fully saturated rings. The van der Waals surface area contributed by atoms with E-state index in [9.17, 15) is 9.59 Å². The van der Waals surface area contributed by atoms with Crippen LogP contribution in [0.5, 0.6) is 0 Å². The molecule has 1 rings (SSSR count). The van der Waals surface area contributed by atoms with Crippen molar-refractivity contribution >= 4 is 33.6 Å². The number of carboxylic acid groups (broad SMARTS) is 1. The average molecular weight is 329 g/mol. The van der Waals surface area contributed by atoms with E-state index < -0.39 is 5.97 Å². The zero-order valence-electron chi connectivity index (χ0n) is 11.1. The Morgan fingerprint density at radius 3 is 2.47 bits per heavy atom. The second-order valence-electron chi connectivity index (χ2n) is 4.82. The van der Waals surface area contributed by atoms with E-state index >= 15 is 0 Å². The lowest BCUT2D eigenvalue weighted by Crippen LogP contribution is -2.45. The number of amides is 2. The lowest BCUT2D eigenvalue weighted by molar-refractivity contribution is 0.0697. The van der Waals surface area contributed by atoms with Crippen molar-refractivity contribution in [3.63, 3.8) is 0 Å². The fourth-order valence-electron chi connectivity index (χ4n) is 1.30. The van der Waals surface area contributed by atoms with Gasteiger partial charge in [0.05, 0.1) is 11.3 Å². The van der Waals surface area contributed by atoms with Crippen molar-refractivity contribution in [2.24, 2.45) is 0 Å². The molecular weight excluding hydrogens is 312 g/mol. The summed E-state index contributed by atoms with van der Waals surface area (Å²) in [4.78, 5) is 22.6. The standard InChI is InChI=1S/C13H17BrN2O3/c1-4-13(2,3)16-12(19)15-10-6-5-8(11(17)18)7-9(10)14/h5-7H,4H2,1-3H3,(H,17,18)(H2,15,16,19). The topological polar surface area (TPSA) is 78.4 Å². The molecule has 1 aromatic rings. The van der Waals surface area contributed by atoms with Gasteiger partial charge in [0.2, 0.25) is 0 Å². The normalized spacial score (nSPS) is 10.9. The Morgan fingerprint density at radius 1 is 1.37 bits per heavy atom. The van der Waals surface area contributed by atoms with E-state index in [1.807, 2.05) is 20.8 Å². The number of aromatic carboxylic acids is 1. The average Bonchev–Trinajstić information content (AvgIpc) is 2.30. The molecule has 0 unspecified atom stereocenters. The molecular formula is C13H17BrN2O3. The minimum atomic E-state index is -1.01. The maximum Gasteiger partial charge on any atom is 0.335 e. The second kappa shape index (κ2) is 6.06. The second-order valence-corrected chi connectivity index (χ2v) is 5.67. The van der Waals surface area contributed by atoms with Gasteiger partial charge in [-0.2, -0.15) is 0 Å². The number of hydrogen-bond donors (Lipinski definition) is 3. The van der Waals surface area contributed by atoms with Gasteiger partial charge >= 0.3 is 12.0 Å². The number of carbonyl (C=O) groups is 2. The highest BCUT2D eigenvalue weighted by Crippen LogP contribution is 2.23. The summed E-state index contributed by atoms with van der Waals surface area (Å²) in [6, 6.07) is 4.11. The predicted molar refractivity (Wildman–Crippen MR) is 77.6 cm³/mol. The van der Waals surface area contributed by atoms with Gasteiger partial charge in [-0.25, -0.2) is 9.59 Å². The zero-order valence-corrected chi connectivity index (χ0v) is 12.7. The number of hydrogen-bond acceptors (Lipinski definition) is 2. The molecule has 6 heteroatoms. The molecule has 0 aliphatic heterocycles. The fourth-order valence-corrected chi connectivity index (χ4v) is 1.78. The minimum absolute atomic E-state index is 0.159. The quantitative estimate of drug-likeness (QED) is 0.791. The smallest absolute Gasteiger partial charge is 0.335 e. The van der Waals surface area contributed by atoms with E-state index in [-0.39, 0.29) is 17.1 Å². The maximum atomic E-state index is 11.8. The van der Waals surface area contributed by atoms with Gasteiger partial charge in [-0.3, -0.25) is 0 Å². The third-order valence-corrected chi connectivity index (χ3v) is 3.46. The molecule has 0 spiro atoms. The Hall–Kier alpha value is -1.56. The van der Waals surface area contributed by atoms with E-state index in [0.29, 0.717) is 10.2 Å². The van der Waals surface area contributed by atoms with Crippen LogP contribution >= 0.6 is 15.9 Å². The van der Waals surface area contributed by atoms with Gasteiger partial charge in [0.1, 0.15) is 0 Å². The van der Waals surface area contributed by atoms with Crippen LogP contribution in [-0.4, -0.2) is 22.6 Å². The Morgan fingerprint density at radius 2 is 2.00 bits per heavy atom. The molecule has 5 nitrogen and oxygen atoms in total. The van der Waals surface area contributed by atoms with Crippen molar-refractivity contribution in [1.82, 2.24) is 5.32 Å². The molecule has 1 aromatic carbocycles. The van der Waals surface area contributed by atoms with E-state index in [1.54, 1.807) is 6.07 Å². The lowest BCUT2D eigenvalue weighted by atomic mass is 10.0. The highest BCUT2D eigenvalue weighted by atomic mass is 79.9. The summed E-state index contributed by atoms with van der Waals surface area (Å²) in [6.07, 6.45) is 0.805. The van der Waals surface area contributed by atoms with Crippen molar-refractivity contribution in [1.29, 1.82) is 0 Å². The summed E-state index contributed by atoms with van der Waals surface area (Å²) in [5.41, 5.74) is 0.388. The van der Waals surface area contributed by atoms with Crippen LogP contribution in [0.25, 0.3) is 0 Å². The number of urea groups is 1. The molecule has 0 aliphatic carbocycles. The first-order chi connectivity index (χ1) is 8.75. The van der Waals surface area contributed by atoms with Gasteiger partial charge in [-0.15, -0.1) is 0 Å². The van der Waals surface area contributed by atoms with Crippen LogP contribution in [0.1, 0.15) is 37.6 Å². The van der Waals surface area contributed by atoms with Gasteiger partial charge in [0, 0.05) is 10.0 Å². The van der Waals surface area contributed by atoms with Gasteiger partial charge in [-0.05, 0) is 54.4 Å². The first-order valence-electron chi connectivity index (χ1n) is 5.87. The van der Waals surface area contributed by atoms with Crippen LogP contribution in [0.2, 0.25) is 0 Å². The SMILES string of the molecule is CCC(C)(C)NC(=O)Nc1ccc(C(=O)O)cc1Br. The van der Waals surface area contributed by atoms with Crippen LogP contribution in [0.3, 0.4) is 0 Å². The third kappa shape index (κ3) is 4.55. The Kier molecular flexibility index (Phi) is 4.94. The lowest BCUT2D eigenvalue weighted by Gasteiger charge is -2.24. The molecule has 104 valence electrons. The molecule has 0 radical (unpaired) electrons. The molecule has 19 heavy (non-hydrogen) atoms. The molecule has 2 amide bonds. The molecule has 0 saturated heterocycles. The van der Waals surface area contributed by atoms with E-state index in [2.05, 4.69) is 26.6 Å². The number of benzene rings is 1.